The van der Waals surface area contributed by atoms with E-state index in [2.05, 4.69) is 0 Å². The van der Waals surface area contributed by atoms with E-state index >= 15 is 0 Å². The third-order valence-electron chi connectivity index (χ3n) is 5.91. The van der Waals surface area contributed by atoms with Crippen molar-refractivity contribution in [3.05, 3.63) is 83.2 Å². The monoisotopic (exact) mass is 420 g/mol. The van der Waals surface area contributed by atoms with Crippen LogP contribution in [0.2, 0.25) is 0 Å². The van der Waals surface area contributed by atoms with Gasteiger partial charge in [-0.1, -0.05) is 43.3 Å². The standard InChI is InChI=1S/C26H25FO4/c1-3-21(26(28)29)19-9-8-18-10-13-24(31-25(18)14-19)17-6-4-16(5-7-17)22-15-20(30-2)11-12-23(22)27/h4-9,11-12,14-15,21,24H,3,10,13H2,1-2H3,(H,28,29). The summed E-state index contributed by atoms with van der Waals surface area (Å²) in [5, 5.41) is 9.46. The Kier molecular flexibility index (Phi) is 5.94. The molecule has 1 aliphatic heterocycles. The molecule has 3 aromatic carbocycles. The first kappa shape index (κ1) is 20.9. The lowest BCUT2D eigenvalue weighted by molar-refractivity contribution is -0.138. The SMILES string of the molecule is CCC(C(=O)O)c1ccc2c(c1)OC(c1ccc(-c3cc(OC)ccc3F)cc1)CC2. The molecule has 0 saturated carbocycles. The summed E-state index contributed by atoms with van der Waals surface area (Å²) in [5.41, 5.74) is 4.12. The molecule has 5 heteroatoms. The Hall–Kier alpha value is -3.34. The molecule has 2 atom stereocenters. The van der Waals surface area contributed by atoms with Crippen molar-refractivity contribution in [2.45, 2.75) is 38.2 Å². The van der Waals surface area contributed by atoms with E-state index < -0.39 is 11.9 Å². The van der Waals surface area contributed by atoms with Crippen LogP contribution in [-0.2, 0) is 11.2 Å². The van der Waals surface area contributed by atoms with Crippen molar-refractivity contribution in [1.29, 1.82) is 0 Å². The van der Waals surface area contributed by atoms with E-state index in [-0.39, 0.29) is 11.9 Å². The number of hydrogen-bond donors (Lipinski definition) is 1. The number of aliphatic carboxylic acids is 1. The zero-order valence-corrected chi connectivity index (χ0v) is 17.6. The van der Waals surface area contributed by atoms with Gasteiger partial charge in [0.25, 0.3) is 0 Å². The Labute approximate surface area is 181 Å². The second kappa shape index (κ2) is 8.80. The molecule has 4 rings (SSSR count). The van der Waals surface area contributed by atoms with Crippen LogP contribution in [0.3, 0.4) is 0 Å². The molecule has 0 spiro atoms. The number of benzene rings is 3. The van der Waals surface area contributed by atoms with Gasteiger partial charge < -0.3 is 14.6 Å². The van der Waals surface area contributed by atoms with Gasteiger partial charge in [-0.25, -0.2) is 4.39 Å². The molecule has 0 saturated heterocycles. The molecule has 1 heterocycles. The summed E-state index contributed by atoms with van der Waals surface area (Å²) in [4.78, 5) is 11.5. The van der Waals surface area contributed by atoms with Crippen molar-refractivity contribution in [3.63, 3.8) is 0 Å². The van der Waals surface area contributed by atoms with E-state index in [1.165, 1.54) is 6.07 Å². The molecule has 0 radical (unpaired) electrons. The molecule has 3 aromatic rings. The molecule has 0 aromatic heterocycles. The number of fused-ring (bicyclic) bond motifs is 1. The normalized spacial score (nSPS) is 16.2. The number of halogens is 1. The Morgan fingerprint density at radius 3 is 2.61 bits per heavy atom. The van der Waals surface area contributed by atoms with Crippen molar-refractivity contribution in [2.75, 3.05) is 7.11 Å². The average molecular weight is 420 g/mol. The summed E-state index contributed by atoms with van der Waals surface area (Å²) < 4.78 is 25.7. The van der Waals surface area contributed by atoms with Crippen LogP contribution in [0.4, 0.5) is 4.39 Å². The molecule has 31 heavy (non-hydrogen) atoms. The predicted octanol–water partition coefficient (Wildman–Crippen LogP) is 6.15. The van der Waals surface area contributed by atoms with E-state index in [1.54, 1.807) is 19.2 Å². The first-order chi connectivity index (χ1) is 15.0. The van der Waals surface area contributed by atoms with Crippen molar-refractivity contribution < 1.29 is 23.8 Å². The second-order valence-corrected chi connectivity index (χ2v) is 7.78. The number of ether oxygens (including phenoxy) is 2. The maximum atomic E-state index is 14.3. The van der Waals surface area contributed by atoms with Gasteiger partial charge in [0.05, 0.1) is 13.0 Å². The van der Waals surface area contributed by atoms with Crippen molar-refractivity contribution in [3.8, 4) is 22.6 Å². The van der Waals surface area contributed by atoms with Crippen LogP contribution in [0.5, 0.6) is 11.5 Å². The highest BCUT2D eigenvalue weighted by Crippen LogP contribution is 2.38. The molecule has 160 valence electrons. The highest BCUT2D eigenvalue weighted by atomic mass is 19.1. The first-order valence-corrected chi connectivity index (χ1v) is 10.5. The summed E-state index contributed by atoms with van der Waals surface area (Å²) in [6, 6.07) is 18.1. The molecule has 0 aliphatic carbocycles. The van der Waals surface area contributed by atoms with Gasteiger partial charge in [-0.15, -0.1) is 0 Å². The van der Waals surface area contributed by atoms with Gasteiger partial charge in [-0.05, 0) is 65.8 Å². The lowest BCUT2D eigenvalue weighted by Crippen LogP contribution is -2.16. The quantitative estimate of drug-likeness (QED) is 0.520. The fourth-order valence-electron chi connectivity index (χ4n) is 4.12. The second-order valence-electron chi connectivity index (χ2n) is 7.78. The summed E-state index contributed by atoms with van der Waals surface area (Å²) in [6.07, 6.45) is 2.09. The minimum absolute atomic E-state index is 0.128. The maximum absolute atomic E-state index is 14.3. The molecular formula is C26H25FO4. The van der Waals surface area contributed by atoms with E-state index in [0.717, 1.165) is 40.8 Å². The molecule has 1 aliphatic rings. The van der Waals surface area contributed by atoms with Crippen molar-refractivity contribution in [2.24, 2.45) is 0 Å². The summed E-state index contributed by atoms with van der Waals surface area (Å²) in [5.74, 6) is -0.305. The van der Waals surface area contributed by atoms with Crippen LogP contribution in [0.1, 0.15) is 48.5 Å². The highest BCUT2D eigenvalue weighted by molar-refractivity contribution is 5.76. The molecular weight excluding hydrogens is 395 g/mol. The zero-order valence-electron chi connectivity index (χ0n) is 17.6. The fraction of sp³-hybridized carbons (Fsp3) is 0.269. The van der Waals surface area contributed by atoms with Gasteiger partial charge in [0, 0.05) is 5.56 Å². The number of rotatable bonds is 6. The number of methoxy groups -OCH3 is 1. The summed E-state index contributed by atoms with van der Waals surface area (Å²) in [6.45, 7) is 1.87. The maximum Gasteiger partial charge on any atom is 0.310 e. The number of hydrogen-bond acceptors (Lipinski definition) is 3. The van der Waals surface area contributed by atoms with E-state index in [9.17, 15) is 14.3 Å². The smallest absolute Gasteiger partial charge is 0.310 e. The minimum Gasteiger partial charge on any atom is -0.497 e. The van der Waals surface area contributed by atoms with Gasteiger partial charge >= 0.3 is 5.97 Å². The van der Waals surface area contributed by atoms with Gasteiger partial charge in [0.15, 0.2) is 0 Å². The average Bonchev–Trinajstić information content (AvgIpc) is 2.79. The molecule has 1 N–H and O–H groups in total. The molecule has 4 nitrogen and oxygen atoms in total. The largest absolute Gasteiger partial charge is 0.497 e. The van der Waals surface area contributed by atoms with Gasteiger partial charge in [0.1, 0.15) is 23.4 Å². The number of carboxylic acid groups (broad SMARTS) is 1. The Bertz CT molecular complexity index is 1090. The predicted molar refractivity (Wildman–Crippen MR) is 117 cm³/mol. The Morgan fingerprint density at radius 1 is 1.16 bits per heavy atom. The van der Waals surface area contributed by atoms with Crippen LogP contribution in [0, 0.1) is 5.82 Å². The molecule has 2 unspecified atom stereocenters. The summed E-state index contributed by atoms with van der Waals surface area (Å²) in [7, 11) is 1.56. The van der Waals surface area contributed by atoms with Crippen LogP contribution in [-0.4, -0.2) is 18.2 Å². The van der Waals surface area contributed by atoms with Crippen LogP contribution < -0.4 is 9.47 Å². The molecule has 0 fully saturated rings. The van der Waals surface area contributed by atoms with Gasteiger partial charge in [-0.3, -0.25) is 4.79 Å². The van der Waals surface area contributed by atoms with Crippen LogP contribution in [0.25, 0.3) is 11.1 Å². The van der Waals surface area contributed by atoms with Gasteiger partial charge in [0.2, 0.25) is 0 Å². The lowest BCUT2D eigenvalue weighted by atomic mass is 9.91. The molecule has 0 bridgehead atoms. The van der Waals surface area contributed by atoms with E-state index in [1.807, 2.05) is 49.4 Å². The molecule has 0 amide bonds. The first-order valence-electron chi connectivity index (χ1n) is 10.5. The van der Waals surface area contributed by atoms with Crippen LogP contribution >= 0.6 is 0 Å². The Balaban J connectivity index is 1.57. The zero-order chi connectivity index (χ0) is 22.0. The number of carboxylic acids is 1. The Morgan fingerprint density at radius 2 is 1.94 bits per heavy atom. The number of aryl methyl sites for hydroxylation is 1. The minimum atomic E-state index is -0.824. The van der Waals surface area contributed by atoms with E-state index in [4.69, 9.17) is 9.47 Å². The topological polar surface area (TPSA) is 55.8 Å². The van der Waals surface area contributed by atoms with E-state index in [0.29, 0.717) is 17.7 Å². The highest BCUT2D eigenvalue weighted by Gasteiger charge is 2.24. The number of carbonyl (C=O) groups is 1. The van der Waals surface area contributed by atoms with Crippen molar-refractivity contribution in [1.82, 2.24) is 0 Å². The van der Waals surface area contributed by atoms with Gasteiger partial charge in [-0.2, -0.15) is 0 Å². The van der Waals surface area contributed by atoms with Crippen LogP contribution in [0.15, 0.2) is 60.7 Å². The lowest BCUT2D eigenvalue weighted by Gasteiger charge is -2.27. The fourth-order valence-corrected chi connectivity index (χ4v) is 4.12. The summed E-state index contributed by atoms with van der Waals surface area (Å²) >= 11 is 0. The van der Waals surface area contributed by atoms with Crippen molar-refractivity contribution >= 4 is 5.97 Å². The third-order valence-corrected chi connectivity index (χ3v) is 5.91. The third kappa shape index (κ3) is 4.26.